The molecule has 0 spiro atoms. The maximum Gasteiger partial charge on any atom is 0.279 e. The van der Waals surface area contributed by atoms with Gasteiger partial charge in [0.25, 0.3) is 11.8 Å². The van der Waals surface area contributed by atoms with E-state index >= 15 is 0 Å². The molecule has 2 amide bonds. The molecule has 1 unspecified atom stereocenters. The maximum absolute atomic E-state index is 12.3. The summed E-state index contributed by atoms with van der Waals surface area (Å²) in [6.07, 6.45) is 4.50. The Balaban J connectivity index is 1.82. The zero-order valence-corrected chi connectivity index (χ0v) is 14.7. The third kappa shape index (κ3) is 5.23. The van der Waals surface area contributed by atoms with Gasteiger partial charge in [0, 0.05) is 17.8 Å². The van der Waals surface area contributed by atoms with Crippen molar-refractivity contribution in [1.82, 2.24) is 5.32 Å². The summed E-state index contributed by atoms with van der Waals surface area (Å²) in [7, 11) is 3.45. The Hall–Kier alpha value is -2.08. The van der Waals surface area contributed by atoms with Crippen LogP contribution in [0.4, 0.5) is 5.69 Å². The van der Waals surface area contributed by atoms with Gasteiger partial charge in [-0.1, -0.05) is 18.9 Å². The molecule has 1 aliphatic carbocycles. The Labute approximate surface area is 143 Å². The summed E-state index contributed by atoms with van der Waals surface area (Å²) in [5.41, 5.74) is 0.690. The van der Waals surface area contributed by atoms with Crippen LogP contribution in [0.1, 0.15) is 32.6 Å². The molecule has 1 aromatic carbocycles. The highest BCUT2D eigenvalue weighted by Crippen LogP contribution is 2.17. The average molecular weight is 334 g/mol. The predicted octanol–water partition coefficient (Wildman–Crippen LogP) is 0.596. The summed E-state index contributed by atoms with van der Waals surface area (Å²) >= 11 is 0. The first-order valence-corrected chi connectivity index (χ1v) is 8.56. The van der Waals surface area contributed by atoms with Gasteiger partial charge in [-0.2, -0.15) is 0 Å². The van der Waals surface area contributed by atoms with Crippen molar-refractivity contribution in [3.63, 3.8) is 0 Å². The second kappa shape index (κ2) is 8.68. The summed E-state index contributed by atoms with van der Waals surface area (Å²) in [4.78, 5) is 25.3. The highest BCUT2D eigenvalue weighted by Gasteiger charge is 2.26. The molecule has 1 fully saturated rings. The van der Waals surface area contributed by atoms with E-state index in [0.717, 1.165) is 17.7 Å². The van der Waals surface area contributed by atoms with E-state index in [-0.39, 0.29) is 24.4 Å². The van der Waals surface area contributed by atoms with E-state index in [1.165, 1.54) is 12.8 Å². The minimum absolute atomic E-state index is 0.0218. The molecule has 1 aromatic rings. The van der Waals surface area contributed by atoms with Gasteiger partial charge in [0.15, 0.2) is 12.6 Å². The summed E-state index contributed by atoms with van der Waals surface area (Å²) in [6, 6.07) is 7.26. The number of hydrogen-bond acceptors (Lipinski definition) is 3. The van der Waals surface area contributed by atoms with Gasteiger partial charge >= 0.3 is 0 Å². The van der Waals surface area contributed by atoms with Gasteiger partial charge in [-0.05, 0) is 31.9 Å². The number of quaternary nitrogens is 1. The van der Waals surface area contributed by atoms with E-state index in [1.807, 2.05) is 32.2 Å². The Morgan fingerprint density at radius 2 is 2.04 bits per heavy atom. The summed E-state index contributed by atoms with van der Waals surface area (Å²) in [6.45, 7) is 2.09. The normalized spacial score (nSPS) is 17.1. The first-order chi connectivity index (χ1) is 11.5. The van der Waals surface area contributed by atoms with E-state index in [4.69, 9.17) is 4.74 Å². The second-order valence-corrected chi connectivity index (χ2v) is 6.51. The smallest absolute Gasteiger partial charge is 0.279 e. The number of benzene rings is 1. The van der Waals surface area contributed by atoms with Crippen LogP contribution in [0.25, 0.3) is 0 Å². The zero-order valence-electron chi connectivity index (χ0n) is 14.7. The number of anilines is 1. The van der Waals surface area contributed by atoms with Crippen LogP contribution in [-0.2, 0) is 9.59 Å². The molecule has 0 radical (unpaired) electrons. The number of likely N-dealkylation sites (N-methyl/N-ethyl adjacent to an activating group) is 1. The maximum atomic E-state index is 12.3. The van der Waals surface area contributed by atoms with E-state index in [9.17, 15) is 9.59 Å². The lowest BCUT2D eigenvalue weighted by molar-refractivity contribution is -0.885. The Kier molecular flexibility index (Phi) is 6.61. The highest BCUT2D eigenvalue weighted by molar-refractivity contribution is 5.91. The summed E-state index contributed by atoms with van der Waals surface area (Å²) in [5, 5.41) is 5.93. The van der Waals surface area contributed by atoms with Crippen LogP contribution in [0.15, 0.2) is 24.3 Å². The Bertz CT molecular complexity index is 570. The zero-order chi connectivity index (χ0) is 17.5. The molecule has 0 saturated heterocycles. The van der Waals surface area contributed by atoms with Gasteiger partial charge in [-0.25, -0.2) is 0 Å². The van der Waals surface area contributed by atoms with Crippen LogP contribution in [0.5, 0.6) is 5.75 Å². The van der Waals surface area contributed by atoms with Crippen molar-refractivity contribution in [3.8, 4) is 5.75 Å². The molecule has 6 heteroatoms. The van der Waals surface area contributed by atoms with Gasteiger partial charge in [-0.3, -0.25) is 9.59 Å². The fourth-order valence-electron chi connectivity index (χ4n) is 2.93. The molecular weight excluding hydrogens is 306 g/mol. The number of amides is 2. The second-order valence-electron chi connectivity index (χ2n) is 6.51. The predicted molar refractivity (Wildman–Crippen MR) is 93.2 cm³/mol. The quantitative estimate of drug-likeness (QED) is 0.684. The lowest BCUT2D eigenvalue weighted by Crippen LogP contribution is -3.15. The van der Waals surface area contributed by atoms with Crippen molar-refractivity contribution >= 4 is 17.5 Å². The first-order valence-electron chi connectivity index (χ1n) is 8.56. The molecule has 0 aromatic heterocycles. The topological polar surface area (TPSA) is 71.9 Å². The molecule has 2 atom stereocenters. The van der Waals surface area contributed by atoms with Gasteiger partial charge < -0.3 is 20.3 Å². The van der Waals surface area contributed by atoms with Crippen LogP contribution >= 0.6 is 0 Å². The fourth-order valence-corrected chi connectivity index (χ4v) is 2.93. The van der Waals surface area contributed by atoms with Crippen molar-refractivity contribution in [2.75, 3.05) is 26.0 Å². The lowest BCUT2D eigenvalue weighted by Gasteiger charge is -2.22. The monoisotopic (exact) mass is 334 g/mol. The number of carbonyl (C=O) groups is 2. The standard InChI is InChI=1S/C18H27N3O3/c1-13(18(23)20-14-7-4-5-8-14)21(2)12-17(22)19-15-9-6-10-16(11-15)24-3/h6,9-11,13-14H,4-5,7-8,12H2,1-3H3,(H,19,22)(H,20,23)/p+1/t13-/m0/s1. The van der Waals surface area contributed by atoms with Crippen molar-refractivity contribution < 1.29 is 19.2 Å². The molecule has 0 heterocycles. The average Bonchev–Trinajstić information content (AvgIpc) is 3.06. The Morgan fingerprint density at radius 1 is 1.33 bits per heavy atom. The van der Waals surface area contributed by atoms with Crippen molar-refractivity contribution in [2.24, 2.45) is 0 Å². The summed E-state index contributed by atoms with van der Waals surface area (Å²) in [5.74, 6) is 0.590. The van der Waals surface area contributed by atoms with Gasteiger partial charge in [0.2, 0.25) is 0 Å². The molecule has 1 saturated carbocycles. The number of ether oxygens (including phenoxy) is 1. The molecule has 24 heavy (non-hydrogen) atoms. The lowest BCUT2D eigenvalue weighted by atomic mass is 10.2. The SMILES string of the molecule is COc1cccc(NC(=O)C[NH+](C)[C@@H](C)C(=O)NC2CCCC2)c1. The van der Waals surface area contributed by atoms with Gasteiger partial charge in [-0.15, -0.1) is 0 Å². The molecular formula is C18H28N3O3+. The number of carbonyl (C=O) groups excluding carboxylic acids is 2. The minimum atomic E-state index is -0.262. The third-order valence-corrected chi connectivity index (χ3v) is 4.63. The number of methoxy groups -OCH3 is 1. The third-order valence-electron chi connectivity index (χ3n) is 4.63. The number of hydrogen-bond donors (Lipinski definition) is 3. The van der Waals surface area contributed by atoms with E-state index in [0.29, 0.717) is 17.5 Å². The molecule has 3 N–H and O–H groups in total. The molecule has 0 bridgehead atoms. The van der Waals surface area contributed by atoms with Crippen molar-refractivity contribution in [1.29, 1.82) is 0 Å². The first kappa shape index (κ1) is 18.3. The van der Waals surface area contributed by atoms with Crippen LogP contribution in [0.3, 0.4) is 0 Å². The van der Waals surface area contributed by atoms with Gasteiger partial charge in [0.05, 0.1) is 14.2 Å². The van der Waals surface area contributed by atoms with Crippen LogP contribution in [0, 0.1) is 0 Å². The van der Waals surface area contributed by atoms with E-state index in [1.54, 1.807) is 13.2 Å². The van der Waals surface area contributed by atoms with Crippen LogP contribution < -0.4 is 20.3 Å². The Morgan fingerprint density at radius 3 is 2.71 bits per heavy atom. The van der Waals surface area contributed by atoms with E-state index in [2.05, 4.69) is 10.6 Å². The molecule has 132 valence electrons. The van der Waals surface area contributed by atoms with Crippen LogP contribution in [-0.4, -0.2) is 44.6 Å². The molecule has 6 nitrogen and oxygen atoms in total. The largest absolute Gasteiger partial charge is 0.497 e. The minimum Gasteiger partial charge on any atom is -0.497 e. The molecule has 1 aliphatic rings. The summed E-state index contributed by atoms with van der Waals surface area (Å²) < 4.78 is 5.14. The van der Waals surface area contributed by atoms with Crippen molar-refractivity contribution in [2.45, 2.75) is 44.7 Å². The fraction of sp³-hybridized carbons (Fsp3) is 0.556. The molecule has 2 rings (SSSR count). The van der Waals surface area contributed by atoms with Crippen LogP contribution in [0.2, 0.25) is 0 Å². The number of nitrogens with one attached hydrogen (secondary N) is 3. The highest BCUT2D eigenvalue weighted by atomic mass is 16.5. The van der Waals surface area contributed by atoms with Gasteiger partial charge in [0.1, 0.15) is 5.75 Å². The number of rotatable bonds is 7. The van der Waals surface area contributed by atoms with E-state index < -0.39 is 0 Å². The molecule has 0 aliphatic heterocycles. The van der Waals surface area contributed by atoms with Crippen molar-refractivity contribution in [3.05, 3.63) is 24.3 Å².